The van der Waals surface area contributed by atoms with E-state index in [4.69, 9.17) is 4.74 Å². The summed E-state index contributed by atoms with van der Waals surface area (Å²) in [5.41, 5.74) is 0.316. The number of benzene rings is 1. The van der Waals surface area contributed by atoms with Crippen LogP contribution in [0.15, 0.2) is 30.3 Å². The lowest BCUT2D eigenvalue weighted by Crippen LogP contribution is -2.33. The number of rotatable bonds is 6. The van der Waals surface area contributed by atoms with Gasteiger partial charge in [0.2, 0.25) is 5.91 Å². The van der Waals surface area contributed by atoms with Gasteiger partial charge in [0, 0.05) is 7.05 Å². The highest BCUT2D eigenvalue weighted by atomic mass is 19.1. The number of carbonyl (C=O) groups is 2. The zero-order valence-corrected chi connectivity index (χ0v) is 10.5. The van der Waals surface area contributed by atoms with Crippen LogP contribution in [-0.2, 0) is 9.53 Å². The number of halogens is 1. The van der Waals surface area contributed by atoms with Gasteiger partial charge in [-0.1, -0.05) is 18.2 Å². The summed E-state index contributed by atoms with van der Waals surface area (Å²) in [4.78, 5) is 22.4. The van der Waals surface area contributed by atoms with Crippen molar-refractivity contribution in [3.63, 3.8) is 0 Å². The number of nitrogens with one attached hydrogen (secondary N) is 1. The van der Waals surface area contributed by atoms with Crippen LogP contribution in [0.25, 0.3) is 0 Å². The van der Waals surface area contributed by atoms with Crippen LogP contribution in [0.2, 0.25) is 0 Å². The second kappa shape index (κ2) is 7.48. The molecule has 2 unspecified atom stereocenters. The summed E-state index contributed by atoms with van der Waals surface area (Å²) in [5.74, 6) is -1.17. The molecule has 1 aromatic rings. The van der Waals surface area contributed by atoms with Crippen molar-refractivity contribution >= 4 is 11.9 Å². The Morgan fingerprint density at radius 3 is 2.58 bits per heavy atom. The molecule has 1 aromatic carbocycles. The summed E-state index contributed by atoms with van der Waals surface area (Å²) in [6, 6.07) is 8.16. The molecule has 0 fully saturated rings. The van der Waals surface area contributed by atoms with Crippen molar-refractivity contribution < 1.29 is 23.8 Å². The fourth-order valence-electron chi connectivity index (χ4n) is 1.34. The van der Waals surface area contributed by atoms with Crippen molar-refractivity contribution in [1.29, 1.82) is 0 Å². The molecule has 0 aromatic heterocycles. The van der Waals surface area contributed by atoms with E-state index in [-0.39, 0.29) is 0 Å². The molecule has 0 aliphatic heterocycles. The van der Waals surface area contributed by atoms with Crippen molar-refractivity contribution in [2.24, 2.45) is 0 Å². The predicted octanol–water partition coefficient (Wildman–Crippen LogP) is 0.678. The van der Waals surface area contributed by atoms with Gasteiger partial charge in [0.25, 0.3) is 0 Å². The van der Waals surface area contributed by atoms with Crippen molar-refractivity contribution in [3.05, 3.63) is 35.9 Å². The average molecular weight is 269 g/mol. The molecule has 0 spiro atoms. The van der Waals surface area contributed by atoms with Crippen LogP contribution in [-0.4, -0.2) is 42.9 Å². The van der Waals surface area contributed by atoms with E-state index < -0.39 is 37.2 Å². The van der Waals surface area contributed by atoms with E-state index in [0.29, 0.717) is 5.56 Å². The first-order chi connectivity index (χ1) is 9.04. The minimum Gasteiger partial charge on any atom is -0.459 e. The second-order valence-electron chi connectivity index (χ2n) is 3.93. The Morgan fingerprint density at radius 1 is 1.37 bits per heavy atom. The molecule has 0 saturated carbocycles. The van der Waals surface area contributed by atoms with Crippen molar-refractivity contribution in [2.45, 2.75) is 18.7 Å². The zero-order chi connectivity index (χ0) is 14.3. The van der Waals surface area contributed by atoms with E-state index in [0.717, 1.165) is 0 Å². The van der Waals surface area contributed by atoms with Crippen LogP contribution in [0.4, 0.5) is 4.39 Å². The van der Waals surface area contributed by atoms with Gasteiger partial charge in [-0.05, 0) is 12.1 Å². The van der Waals surface area contributed by atoms with Gasteiger partial charge in [-0.3, -0.25) is 4.79 Å². The molecule has 5 nitrogen and oxygen atoms in total. The Hall–Kier alpha value is -1.95. The smallest absolute Gasteiger partial charge is 0.338 e. The first-order valence-electron chi connectivity index (χ1n) is 5.79. The molecule has 19 heavy (non-hydrogen) atoms. The molecule has 104 valence electrons. The summed E-state index contributed by atoms with van der Waals surface area (Å²) in [7, 11) is 1.37. The summed E-state index contributed by atoms with van der Waals surface area (Å²) in [6.07, 6.45) is -3.77. The van der Waals surface area contributed by atoms with Gasteiger partial charge in [-0.15, -0.1) is 0 Å². The largest absolute Gasteiger partial charge is 0.459 e. The number of ether oxygens (including phenoxy) is 1. The highest BCUT2D eigenvalue weighted by molar-refractivity contribution is 5.89. The maximum Gasteiger partial charge on any atom is 0.338 e. The Kier molecular flexibility index (Phi) is 5.95. The Balaban J connectivity index is 2.39. The number of hydrogen-bond acceptors (Lipinski definition) is 4. The number of aliphatic hydroxyl groups is 1. The molecule has 0 saturated heterocycles. The van der Waals surface area contributed by atoms with E-state index >= 15 is 0 Å². The van der Waals surface area contributed by atoms with E-state index in [1.807, 2.05) is 0 Å². The van der Waals surface area contributed by atoms with Crippen LogP contribution in [0.3, 0.4) is 0 Å². The first kappa shape index (κ1) is 15.1. The van der Waals surface area contributed by atoms with Crippen LogP contribution in [0.1, 0.15) is 16.8 Å². The number of amides is 1. The lowest BCUT2D eigenvalue weighted by atomic mass is 10.1. The number of alkyl halides is 1. The Bertz CT molecular complexity index is 424. The van der Waals surface area contributed by atoms with Crippen molar-refractivity contribution in [1.82, 2.24) is 5.32 Å². The van der Waals surface area contributed by atoms with Crippen LogP contribution in [0.5, 0.6) is 0 Å². The molecule has 1 amide bonds. The summed E-state index contributed by atoms with van der Waals surface area (Å²) in [5, 5.41) is 11.7. The Labute approximate surface area is 110 Å². The lowest BCUT2D eigenvalue weighted by molar-refractivity contribution is -0.123. The average Bonchev–Trinajstić information content (AvgIpc) is 2.44. The first-order valence-corrected chi connectivity index (χ1v) is 5.79. The van der Waals surface area contributed by atoms with Crippen molar-refractivity contribution in [3.8, 4) is 0 Å². The number of aliphatic hydroxyl groups excluding tert-OH is 1. The van der Waals surface area contributed by atoms with E-state index in [1.165, 1.54) is 7.05 Å². The molecule has 2 N–H and O–H groups in total. The van der Waals surface area contributed by atoms with Gasteiger partial charge in [0.05, 0.1) is 12.0 Å². The summed E-state index contributed by atoms with van der Waals surface area (Å²) >= 11 is 0. The third kappa shape index (κ3) is 5.05. The molecule has 0 radical (unpaired) electrons. The highest BCUT2D eigenvalue weighted by Gasteiger charge is 2.23. The molecule has 1 rings (SSSR count). The molecular weight excluding hydrogens is 253 g/mol. The molecule has 0 aliphatic carbocycles. The maximum atomic E-state index is 13.4. The third-order valence-electron chi connectivity index (χ3n) is 2.47. The summed E-state index contributed by atoms with van der Waals surface area (Å²) < 4.78 is 18.2. The van der Waals surface area contributed by atoms with Crippen LogP contribution < -0.4 is 5.32 Å². The minimum atomic E-state index is -1.77. The van der Waals surface area contributed by atoms with Gasteiger partial charge in [-0.2, -0.15) is 0 Å². The van der Waals surface area contributed by atoms with Crippen LogP contribution in [0, 0.1) is 0 Å². The molecule has 2 atom stereocenters. The maximum absolute atomic E-state index is 13.4. The third-order valence-corrected chi connectivity index (χ3v) is 2.47. The number of carbonyl (C=O) groups excluding carboxylic acids is 2. The molecule has 0 heterocycles. The van der Waals surface area contributed by atoms with Gasteiger partial charge in [0.15, 0.2) is 0 Å². The summed E-state index contributed by atoms with van der Waals surface area (Å²) in [6.45, 7) is -0.494. The SMILES string of the molecule is CNC(=O)CC(F)C(O)COC(=O)c1ccccc1. The van der Waals surface area contributed by atoms with E-state index in [2.05, 4.69) is 5.32 Å². The van der Waals surface area contributed by atoms with Crippen molar-refractivity contribution in [2.75, 3.05) is 13.7 Å². The highest BCUT2D eigenvalue weighted by Crippen LogP contribution is 2.07. The normalized spacial score (nSPS) is 13.4. The number of hydrogen-bond donors (Lipinski definition) is 2. The second-order valence-corrected chi connectivity index (χ2v) is 3.93. The molecule has 6 heteroatoms. The predicted molar refractivity (Wildman–Crippen MR) is 66.3 cm³/mol. The van der Waals surface area contributed by atoms with Gasteiger partial charge in [0.1, 0.15) is 18.9 Å². The topological polar surface area (TPSA) is 75.6 Å². The van der Waals surface area contributed by atoms with E-state index in [9.17, 15) is 19.1 Å². The molecular formula is C13H16FNO4. The van der Waals surface area contributed by atoms with Gasteiger partial charge in [-0.25, -0.2) is 9.18 Å². The van der Waals surface area contributed by atoms with Crippen LogP contribution >= 0.6 is 0 Å². The monoisotopic (exact) mass is 269 g/mol. The number of esters is 1. The van der Waals surface area contributed by atoms with Gasteiger partial charge >= 0.3 is 5.97 Å². The fraction of sp³-hybridized carbons (Fsp3) is 0.385. The van der Waals surface area contributed by atoms with Gasteiger partial charge < -0.3 is 15.2 Å². The minimum absolute atomic E-state index is 0.316. The lowest BCUT2D eigenvalue weighted by Gasteiger charge is -2.15. The standard InChI is InChI=1S/C13H16FNO4/c1-15-12(17)7-10(14)11(16)8-19-13(18)9-5-3-2-4-6-9/h2-6,10-11,16H,7-8H2,1H3,(H,15,17). The zero-order valence-electron chi connectivity index (χ0n) is 10.5. The molecule has 0 aliphatic rings. The Morgan fingerprint density at radius 2 is 2.00 bits per heavy atom. The molecule has 0 bridgehead atoms. The quantitative estimate of drug-likeness (QED) is 0.745. The van der Waals surface area contributed by atoms with E-state index in [1.54, 1.807) is 30.3 Å². The fourth-order valence-corrected chi connectivity index (χ4v) is 1.34.